The van der Waals surface area contributed by atoms with Crippen LogP contribution in [0.4, 0.5) is 5.69 Å². The van der Waals surface area contributed by atoms with Crippen molar-refractivity contribution in [3.8, 4) is 5.69 Å². The number of anilines is 1. The van der Waals surface area contributed by atoms with Crippen LogP contribution >= 0.6 is 15.9 Å². The van der Waals surface area contributed by atoms with Crippen LogP contribution in [-0.2, 0) is 0 Å². The molecule has 21 heavy (non-hydrogen) atoms. The second kappa shape index (κ2) is 5.84. The SMILES string of the molecule is O=C(Nc1ccc(-n2nccn2)cc1)c1cccc(Br)n1. The summed E-state index contributed by atoms with van der Waals surface area (Å²) in [6.07, 6.45) is 3.21. The molecule has 3 aromatic rings. The van der Waals surface area contributed by atoms with E-state index in [2.05, 4.69) is 36.4 Å². The van der Waals surface area contributed by atoms with Crippen molar-refractivity contribution in [1.82, 2.24) is 20.0 Å². The molecule has 2 heterocycles. The van der Waals surface area contributed by atoms with Gasteiger partial charge in [0, 0.05) is 5.69 Å². The molecular weight excluding hydrogens is 334 g/mol. The number of nitrogens with zero attached hydrogens (tertiary/aromatic N) is 4. The van der Waals surface area contributed by atoms with E-state index in [1.54, 1.807) is 42.7 Å². The zero-order valence-corrected chi connectivity index (χ0v) is 12.4. The van der Waals surface area contributed by atoms with Gasteiger partial charge in [-0.1, -0.05) is 6.07 Å². The zero-order valence-electron chi connectivity index (χ0n) is 10.8. The maximum absolute atomic E-state index is 12.1. The average Bonchev–Trinajstić information content (AvgIpc) is 3.02. The van der Waals surface area contributed by atoms with Gasteiger partial charge in [0.25, 0.3) is 5.91 Å². The van der Waals surface area contributed by atoms with Crippen LogP contribution in [0.2, 0.25) is 0 Å². The normalized spacial score (nSPS) is 10.3. The van der Waals surface area contributed by atoms with Crippen molar-refractivity contribution in [2.45, 2.75) is 0 Å². The van der Waals surface area contributed by atoms with Gasteiger partial charge < -0.3 is 5.32 Å². The summed E-state index contributed by atoms with van der Waals surface area (Å²) in [7, 11) is 0. The molecular formula is C14H10BrN5O. The molecule has 2 aromatic heterocycles. The quantitative estimate of drug-likeness (QED) is 0.742. The van der Waals surface area contributed by atoms with Crippen molar-refractivity contribution < 1.29 is 4.79 Å². The average molecular weight is 344 g/mol. The number of pyridine rings is 1. The molecule has 0 fully saturated rings. The number of nitrogens with one attached hydrogen (secondary N) is 1. The molecule has 104 valence electrons. The summed E-state index contributed by atoms with van der Waals surface area (Å²) in [5.74, 6) is -0.263. The van der Waals surface area contributed by atoms with Crippen LogP contribution in [0.15, 0.2) is 59.5 Å². The number of benzene rings is 1. The molecule has 0 bridgehead atoms. The van der Waals surface area contributed by atoms with E-state index in [9.17, 15) is 4.79 Å². The van der Waals surface area contributed by atoms with E-state index in [4.69, 9.17) is 0 Å². The lowest BCUT2D eigenvalue weighted by molar-refractivity contribution is 0.102. The van der Waals surface area contributed by atoms with Crippen LogP contribution in [0.1, 0.15) is 10.5 Å². The lowest BCUT2D eigenvalue weighted by atomic mass is 10.2. The first-order chi connectivity index (χ1) is 10.2. The highest BCUT2D eigenvalue weighted by atomic mass is 79.9. The Bertz CT molecular complexity index is 755. The van der Waals surface area contributed by atoms with Crippen molar-refractivity contribution >= 4 is 27.5 Å². The number of halogens is 1. The molecule has 0 saturated carbocycles. The second-order valence-corrected chi connectivity index (χ2v) is 4.98. The van der Waals surface area contributed by atoms with Crippen LogP contribution in [0.5, 0.6) is 0 Å². The molecule has 0 spiro atoms. The Morgan fingerprint density at radius 3 is 2.43 bits per heavy atom. The maximum Gasteiger partial charge on any atom is 0.274 e. The summed E-state index contributed by atoms with van der Waals surface area (Å²) < 4.78 is 0.621. The predicted molar refractivity (Wildman–Crippen MR) is 81.2 cm³/mol. The fourth-order valence-corrected chi connectivity index (χ4v) is 2.10. The fourth-order valence-electron chi connectivity index (χ4n) is 1.76. The predicted octanol–water partition coefficient (Wildman–Crippen LogP) is 2.68. The number of carbonyl (C=O) groups is 1. The third-order valence-corrected chi connectivity index (χ3v) is 3.16. The summed E-state index contributed by atoms with van der Waals surface area (Å²) in [6.45, 7) is 0. The molecule has 0 aliphatic rings. The van der Waals surface area contributed by atoms with E-state index >= 15 is 0 Å². The van der Waals surface area contributed by atoms with E-state index in [1.165, 1.54) is 4.80 Å². The molecule has 0 atom stereocenters. The number of carbonyl (C=O) groups excluding carboxylic acids is 1. The lowest BCUT2D eigenvalue weighted by Gasteiger charge is -2.06. The number of hydrogen-bond acceptors (Lipinski definition) is 4. The van der Waals surface area contributed by atoms with Crippen molar-refractivity contribution in [3.05, 3.63) is 65.2 Å². The van der Waals surface area contributed by atoms with Crippen molar-refractivity contribution in [2.24, 2.45) is 0 Å². The Kier molecular flexibility index (Phi) is 3.74. The largest absolute Gasteiger partial charge is 0.321 e. The summed E-state index contributed by atoms with van der Waals surface area (Å²) in [4.78, 5) is 17.7. The van der Waals surface area contributed by atoms with Gasteiger partial charge in [0.2, 0.25) is 0 Å². The molecule has 0 unspecified atom stereocenters. The van der Waals surface area contributed by atoms with Gasteiger partial charge in [-0.05, 0) is 52.3 Å². The monoisotopic (exact) mass is 343 g/mol. The first-order valence-corrected chi connectivity index (χ1v) is 6.92. The van der Waals surface area contributed by atoms with Crippen molar-refractivity contribution in [2.75, 3.05) is 5.32 Å². The third kappa shape index (κ3) is 3.14. The van der Waals surface area contributed by atoms with Crippen LogP contribution in [0.25, 0.3) is 5.69 Å². The summed E-state index contributed by atoms with van der Waals surface area (Å²) in [5, 5.41) is 10.9. The molecule has 7 heteroatoms. The van der Waals surface area contributed by atoms with Crippen molar-refractivity contribution in [3.63, 3.8) is 0 Å². The maximum atomic E-state index is 12.1. The fraction of sp³-hybridized carbons (Fsp3) is 0. The standard InChI is InChI=1S/C14H10BrN5O/c15-13-3-1-2-12(19-13)14(21)18-10-4-6-11(7-5-10)20-16-8-9-17-20/h1-9H,(H,18,21). The topological polar surface area (TPSA) is 72.7 Å². The first kappa shape index (κ1) is 13.4. The third-order valence-electron chi connectivity index (χ3n) is 2.72. The van der Waals surface area contributed by atoms with Crippen LogP contribution in [0, 0.1) is 0 Å². The Morgan fingerprint density at radius 2 is 1.76 bits per heavy atom. The van der Waals surface area contributed by atoms with E-state index < -0.39 is 0 Å². The molecule has 3 rings (SSSR count). The minimum absolute atomic E-state index is 0.263. The first-order valence-electron chi connectivity index (χ1n) is 6.13. The molecule has 0 saturated heterocycles. The van der Waals surface area contributed by atoms with Gasteiger partial charge in [0.05, 0.1) is 18.1 Å². The minimum Gasteiger partial charge on any atom is -0.321 e. The van der Waals surface area contributed by atoms with Gasteiger partial charge in [0.1, 0.15) is 10.3 Å². The van der Waals surface area contributed by atoms with Gasteiger partial charge in [-0.2, -0.15) is 15.0 Å². The van der Waals surface area contributed by atoms with E-state index in [0.717, 1.165) is 5.69 Å². The second-order valence-electron chi connectivity index (χ2n) is 4.17. The van der Waals surface area contributed by atoms with Gasteiger partial charge >= 0.3 is 0 Å². The van der Waals surface area contributed by atoms with Crippen LogP contribution in [-0.4, -0.2) is 25.9 Å². The van der Waals surface area contributed by atoms with E-state index in [1.807, 2.05) is 12.1 Å². The number of aromatic nitrogens is 4. The molecule has 1 amide bonds. The Morgan fingerprint density at radius 1 is 1.05 bits per heavy atom. The highest BCUT2D eigenvalue weighted by Crippen LogP contribution is 2.13. The highest BCUT2D eigenvalue weighted by Gasteiger charge is 2.08. The zero-order chi connectivity index (χ0) is 14.7. The number of amides is 1. The van der Waals surface area contributed by atoms with Gasteiger partial charge in [-0.3, -0.25) is 4.79 Å². The smallest absolute Gasteiger partial charge is 0.274 e. The van der Waals surface area contributed by atoms with Crippen LogP contribution in [0.3, 0.4) is 0 Å². The van der Waals surface area contributed by atoms with E-state index in [-0.39, 0.29) is 5.91 Å². The molecule has 0 aliphatic heterocycles. The number of hydrogen-bond donors (Lipinski definition) is 1. The Hall–Kier alpha value is -2.54. The van der Waals surface area contributed by atoms with Crippen molar-refractivity contribution in [1.29, 1.82) is 0 Å². The molecule has 1 N–H and O–H groups in total. The summed E-state index contributed by atoms with van der Waals surface area (Å²) >= 11 is 3.24. The van der Waals surface area contributed by atoms with E-state index in [0.29, 0.717) is 16.0 Å². The van der Waals surface area contributed by atoms with Gasteiger partial charge in [-0.25, -0.2) is 4.98 Å². The molecule has 6 nitrogen and oxygen atoms in total. The summed E-state index contributed by atoms with van der Waals surface area (Å²) in [6, 6.07) is 12.4. The lowest BCUT2D eigenvalue weighted by Crippen LogP contribution is -2.13. The molecule has 0 radical (unpaired) electrons. The summed E-state index contributed by atoms with van der Waals surface area (Å²) in [5.41, 5.74) is 1.85. The molecule has 1 aromatic carbocycles. The molecule has 0 aliphatic carbocycles. The van der Waals surface area contributed by atoms with Crippen LogP contribution < -0.4 is 5.32 Å². The minimum atomic E-state index is -0.263. The Balaban J connectivity index is 1.75. The van der Waals surface area contributed by atoms with Gasteiger partial charge in [-0.15, -0.1) is 0 Å². The Labute approximate surface area is 129 Å². The van der Waals surface area contributed by atoms with Gasteiger partial charge in [0.15, 0.2) is 0 Å². The number of rotatable bonds is 3. The highest BCUT2D eigenvalue weighted by molar-refractivity contribution is 9.10.